The van der Waals surface area contributed by atoms with Gasteiger partial charge in [-0.15, -0.1) is 0 Å². The second-order valence-electron chi connectivity index (χ2n) is 3.38. The number of aliphatic hydroxyl groups is 1. The van der Waals surface area contributed by atoms with Gasteiger partial charge in [0.05, 0.1) is 13.2 Å². The molecule has 0 radical (unpaired) electrons. The zero-order valence-corrected chi connectivity index (χ0v) is 7.99. The number of hydrogen-bond acceptors (Lipinski definition) is 4. The Balaban J connectivity index is 2.28. The third-order valence-electron chi connectivity index (χ3n) is 2.26. The van der Waals surface area contributed by atoms with Crippen molar-refractivity contribution in [2.75, 3.05) is 26.7 Å². The predicted molar refractivity (Wildman–Crippen MR) is 47.4 cm³/mol. The van der Waals surface area contributed by atoms with Crippen LogP contribution in [-0.2, 0) is 4.74 Å². The third-order valence-corrected chi connectivity index (χ3v) is 2.26. The normalized spacial score (nSPS) is 24.3. The van der Waals surface area contributed by atoms with Crippen LogP contribution in [0.2, 0.25) is 0 Å². The summed E-state index contributed by atoms with van der Waals surface area (Å²) in [7, 11) is 1.90. The summed E-state index contributed by atoms with van der Waals surface area (Å²) in [6, 6.07) is 0.0966. The molecule has 2 unspecified atom stereocenters. The molecule has 0 bridgehead atoms. The zero-order valence-electron chi connectivity index (χ0n) is 7.99. The van der Waals surface area contributed by atoms with Crippen LogP contribution in [0.3, 0.4) is 0 Å². The van der Waals surface area contributed by atoms with Gasteiger partial charge in [-0.25, -0.2) is 4.79 Å². The topological polar surface area (TPSA) is 61.8 Å². The number of nitrogens with one attached hydrogen (secondary N) is 1. The fourth-order valence-electron chi connectivity index (χ4n) is 1.17. The molecule has 0 spiro atoms. The van der Waals surface area contributed by atoms with E-state index in [4.69, 9.17) is 9.84 Å². The number of ether oxygens (including phenoxy) is 1. The molecule has 5 heteroatoms. The Hall–Kier alpha value is -0.810. The fraction of sp³-hybridized carbons (Fsp3) is 0.875. The molecule has 0 aliphatic carbocycles. The number of hydrogen-bond donors (Lipinski definition) is 2. The average Bonchev–Trinajstić information content (AvgIpc) is 2.49. The Morgan fingerprint density at radius 1 is 1.85 bits per heavy atom. The van der Waals surface area contributed by atoms with Crippen LogP contribution in [0.15, 0.2) is 0 Å². The molecular weight excluding hydrogens is 172 g/mol. The first-order chi connectivity index (χ1) is 6.13. The van der Waals surface area contributed by atoms with Crippen LogP contribution in [0.5, 0.6) is 0 Å². The molecule has 1 rings (SSSR count). The summed E-state index contributed by atoms with van der Waals surface area (Å²) in [5.41, 5.74) is 0. The summed E-state index contributed by atoms with van der Waals surface area (Å²) in [6.45, 7) is 3.25. The number of carbonyl (C=O) groups is 1. The van der Waals surface area contributed by atoms with E-state index in [1.54, 1.807) is 0 Å². The predicted octanol–water partition coefficient (Wildman–Crippen LogP) is -0.593. The molecule has 1 saturated heterocycles. The van der Waals surface area contributed by atoms with E-state index in [1.165, 1.54) is 0 Å². The van der Waals surface area contributed by atoms with E-state index in [-0.39, 0.29) is 24.8 Å². The summed E-state index contributed by atoms with van der Waals surface area (Å²) in [6.07, 6.45) is -0.443. The van der Waals surface area contributed by atoms with Gasteiger partial charge in [0.2, 0.25) is 0 Å². The smallest absolute Gasteiger partial charge is 0.407 e. The van der Waals surface area contributed by atoms with E-state index in [0.717, 1.165) is 0 Å². The molecule has 1 aliphatic rings. The number of carbonyl (C=O) groups excluding carboxylic acids is 1. The van der Waals surface area contributed by atoms with Crippen LogP contribution >= 0.6 is 0 Å². The van der Waals surface area contributed by atoms with Crippen LogP contribution in [0.25, 0.3) is 0 Å². The Bertz CT molecular complexity index is 186. The second kappa shape index (κ2) is 4.43. The summed E-state index contributed by atoms with van der Waals surface area (Å²) >= 11 is 0. The standard InChI is InChI=1S/C8H16N2O3/c1-6(5-11)10(2)4-7-3-9-8(12)13-7/h6-7,11H,3-5H2,1-2H3,(H,9,12). The molecule has 2 N–H and O–H groups in total. The molecule has 0 aromatic carbocycles. The summed E-state index contributed by atoms with van der Waals surface area (Å²) in [4.78, 5) is 12.6. The Morgan fingerprint density at radius 3 is 3.00 bits per heavy atom. The molecule has 2 atom stereocenters. The largest absolute Gasteiger partial charge is 0.443 e. The molecule has 0 saturated carbocycles. The van der Waals surface area contributed by atoms with E-state index in [1.807, 2.05) is 18.9 Å². The highest BCUT2D eigenvalue weighted by atomic mass is 16.6. The van der Waals surface area contributed by atoms with Gasteiger partial charge in [0, 0.05) is 12.6 Å². The van der Waals surface area contributed by atoms with E-state index in [0.29, 0.717) is 13.1 Å². The van der Waals surface area contributed by atoms with E-state index in [9.17, 15) is 4.79 Å². The third kappa shape index (κ3) is 2.86. The van der Waals surface area contributed by atoms with Gasteiger partial charge in [-0.1, -0.05) is 0 Å². The van der Waals surface area contributed by atoms with Gasteiger partial charge in [0.25, 0.3) is 0 Å². The molecule has 0 aromatic rings. The van der Waals surface area contributed by atoms with E-state index >= 15 is 0 Å². The number of cyclic esters (lactones) is 1. The Kier molecular flexibility index (Phi) is 3.50. The second-order valence-corrected chi connectivity index (χ2v) is 3.38. The first-order valence-electron chi connectivity index (χ1n) is 4.39. The lowest BCUT2D eigenvalue weighted by Crippen LogP contribution is -2.39. The highest BCUT2D eigenvalue weighted by Crippen LogP contribution is 2.04. The minimum Gasteiger partial charge on any atom is -0.443 e. The lowest BCUT2D eigenvalue weighted by molar-refractivity contribution is 0.0888. The SMILES string of the molecule is CC(CO)N(C)CC1CNC(=O)O1. The summed E-state index contributed by atoms with van der Waals surface area (Å²) in [5, 5.41) is 11.4. The van der Waals surface area contributed by atoms with Crippen LogP contribution < -0.4 is 5.32 Å². The molecule has 76 valence electrons. The number of nitrogens with zero attached hydrogens (tertiary/aromatic N) is 1. The molecular formula is C8H16N2O3. The first-order valence-corrected chi connectivity index (χ1v) is 4.39. The highest BCUT2D eigenvalue weighted by Gasteiger charge is 2.24. The van der Waals surface area contributed by atoms with Crippen molar-refractivity contribution in [3.8, 4) is 0 Å². The van der Waals surface area contributed by atoms with Crippen LogP contribution in [0.1, 0.15) is 6.92 Å². The quantitative estimate of drug-likeness (QED) is 0.619. The minimum absolute atomic E-state index is 0.0912. The van der Waals surface area contributed by atoms with Gasteiger partial charge in [0.15, 0.2) is 0 Å². The maximum absolute atomic E-state index is 10.7. The number of likely N-dealkylation sites (N-methyl/N-ethyl adjacent to an activating group) is 1. The summed E-state index contributed by atoms with van der Waals surface area (Å²) in [5.74, 6) is 0. The van der Waals surface area contributed by atoms with Crippen molar-refractivity contribution in [1.29, 1.82) is 0 Å². The molecule has 5 nitrogen and oxygen atoms in total. The Labute approximate surface area is 77.7 Å². The van der Waals surface area contributed by atoms with Crippen molar-refractivity contribution in [3.05, 3.63) is 0 Å². The van der Waals surface area contributed by atoms with E-state index in [2.05, 4.69) is 5.32 Å². The number of amides is 1. The van der Waals surface area contributed by atoms with Gasteiger partial charge < -0.3 is 15.2 Å². The van der Waals surface area contributed by atoms with Gasteiger partial charge in [0.1, 0.15) is 6.10 Å². The maximum Gasteiger partial charge on any atom is 0.407 e. The molecule has 1 heterocycles. The van der Waals surface area contributed by atoms with Crippen molar-refractivity contribution in [1.82, 2.24) is 10.2 Å². The highest BCUT2D eigenvalue weighted by molar-refractivity contribution is 5.69. The van der Waals surface area contributed by atoms with Crippen molar-refractivity contribution >= 4 is 6.09 Å². The van der Waals surface area contributed by atoms with Crippen molar-refractivity contribution < 1.29 is 14.6 Å². The van der Waals surface area contributed by atoms with Crippen LogP contribution in [0.4, 0.5) is 4.79 Å². The number of rotatable bonds is 4. The van der Waals surface area contributed by atoms with Crippen LogP contribution in [0, 0.1) is 0 Å². The lowest BCUT2D eigenvalue weighted by atomic mass is 10.2. The molecule has 13 heavy (non-hydrogen) atoms. The monoisotopic (exact) mass is 188 g/mol. The van der Waals surface area contributed by atoms with Crippen molar-refractivity contribution in [2.45, 2.75) is 19.1 Å². The maximum atomic E-state index is 10.7. The van der Waals surface area contributed by atoms with E-state index < -0.39 is 0 Å². The van der Waals surface area contributed by atoms with Gasteiger partial charge >= 0.3 is 6.09 Å². The first kappa shape index (κ1) is 10.3. The Morgan fingerprint density at radius 2 is 2.54 bits per heavy atom. The summed E-state index contributed by atoms with van der Waals surface area (Å²) < 4.78 is 4.95. The fourth-order valence-corrected chi connectivity index (χ4v) is 1.17. The minimum atomic E-state index is -0.352. The molecule has 1 aliphatic heterocycles. The number of aliphatic hydroxyl groups excluding tert-OH is 1. The van der Waals surface area contributed by atoms with Crippen molar-refractivity contribution in [2.24, 2.45) is 0 Å². The van der Waals surface area contributed by atoms with Gasteiger partial charge in [-0.2, -0.15) is 0 Å². The van der Waals surface area contributed by atoms with Crippen molar-refractivity contribution in [3.63, 3.8) is 0 Å². The average molecular weight is 188 g/mol. The molecule has 1 fully saturated rings. The van der Waals surface area contributed by atoms with Gasteiger partial charge in [-0.05, 0) is 14.0 Å². The molecule has 0 aromatic heterocycles. The number of alkyl carbamates (subject to hydrolysis) is 1. The van der Waals surface area contributed by atoms with Crippen LogP contribution in [-0.4, -0.2) is 55.0 Å². The molecule has 1 amide bonds. The lowest BCUT2D eigenvalue weighted by Gasteiger charge is -2.24. The zero-order chi connectivity index (χ0) is 9.84. The van der Waals surface area contributed by atoms with Gasteiger partial charge in [-0.3, -0.25) is 4.90 Å².